The third-order valence-electron chi connectivity index (χ3n) is 5.36. The fourth-order valence-corrected chi connectivity index (χ4v) is 5.88. The van der Waals surface area contributed by atoms with Gasteiger partial charge in [0.1, 0.15) is 0 Å². The van der Waals surface area contributed by atoms with E-state index in [9.17, 15) is 0 Å². The minimum absolute atomic E-state index is 0.283. The summed E-state index contributed by atoms with van der Waals surface area (Å²) in [6.07, 6.45) is 5.83. The molecule has 1 aliphatic heterocycles. The molecule has 0 radical (unpaired) electrons. The summed E-state index contributed by atoms with van der Waals surface area (Å²) in [7, 11) is 0. The van der Waals surface area contributed by atoms with E-state index in [-0.39, 0.29) is 6.04 Å². The van der Waals surface area contributed by atoms with Crippen molar-refractivity contribution in [3.63, 3.8) is 0 Å². The third kappa shape index (κ3) is 2.06. The van der Waals surface area contributed by atoms with Crippen LogP contribution in [0.1, 0.15) is 34.4 Å². The van der Waals surface area contributed by atoms with Crippen molar-refractivity contribution in [2.75, 3.05) is 5.32 Å². The molecule has 0 fully saturated rings. The molecular formula is C21H18ClNS. The lowest BCUT2D eigenvalue weighted by atomic mass is 9.78. The second-order valence-electron chi connectivity index (χ2n) is 6.84. The smallest absolute Gasteiger partial charge is 0.0662 e. The highest BCUT2D eigenvalue weighted by atomic mass is 35.5. The van der Waals surface area contributed by atoms with Crippen molar-refractivity contribution in [1.29, 1.82) is 0 Å². The number of anilines is 1. The lowest BCUT2D eigenvalue weighted by Crippen LogP contribution is -2.28. The Kier molecular flexibility index (Phi) is 3.26. The van der Waals surface area contributed by atoms with E-state index < -0.39 is 0 Å². The molecule has 2 aromatic carbocycles. The molecular weight excluding hydrogens is 334 g/mol. The molecule has 0 spiro atoms. The number of halogens is 1. The number of thiophene rings is 1. The van der Waals surface area contributed by atoms with Crippen LogP contribution < -0.4 is 5.32 Å². The fraction of sp³-hybridized carbons (Fsp3) is 0.238. The highest BCUT2D eigenvalue weighted by Gasteiger charge is 2.39. The van der Waals surface area contributed by atoms with Gasteiger partial charge in [-0.3, -0.25) is 0 Å². The first kappa shape index (κ1) is 14.6. The molecule has 1 nitrogen and oxygen atoms in total. The molecule has 3 heteroatoms. The predicted octanol–water partition coefficient (Wildman–Crippen LogP) is 6.69. The van der Waals surface area contributed by atoms with Crippen molar-refractivity contribution in [2.45, 2.75) is 25.3 Å². The van der Waals surface area contributed by atoms with Crippen molar-refractivity contribution in [3.8, 4) is 0 Å². The zero-order valence-electron chi connectivity index (χ0n) is 13.4. The molecule has 3 atom stereocenters. The van der Waals surface area contributed by atoms with E-state index in [0.717, 1.165) is 11.4 Å². The van der Waals surface area contributed by atoms with Gasteiger partial charge in [0.05, 0.1) is 11.1 Å². The van der Waals surface area contributed by atoms with Gasteiger partial charge in [-0.05, 0) is 37.0 Å². The van der Waals surface area contributed by atoms with E-state index in [0.29, 0.717) is 11.8 Å². The summed E-state index contributed by atoms with van der Waals surface area (Å²) in [4.78, 5) is 1.28. The van der Waals surface area contributed by atoms with Crippen molar-refractivity contribution >= 4 is 38.7 Å². The molecule has 1 N–H and O–H groups in total. The molecule has 3 aromatic rings. The molecule has 120 valence electrons. The van der Waals surface area contributed by atoms with Crippen molar-refractivity contribution < 1.29 is 0 Å². The Hall–Kier alpha value is -1.77. The molecule has 0 saturated carbocycles. The van der Waals surface area contributed by atoms with Gasteiger partial charge in [-0.15, -0.1) is 11.3 Å². The Bertz CT molecular complexity index is 971. The molecule has 1 aromatic heterocycles. The van der Waals surface area contributed by atoms with E-state index >= 15 is 0 Å². The number of rotatable bonds is 1. The van der Waals surface area contributed by atoms with Gasteiger partial charge < -0.3 is 5.32 Å². The molecule has 2 aliphatic rings. The first-order valence-corrected chi connectivity index (χ1v) is 9.62. The lowest BCUT2D eigenvalue weighted by Gasteiger charge is -2.37. The van der Waals surface area contributed by atoms with E-state index in [1.54, 1.807) is 0 Å². The number of fused-ring (bicyclic) bond motifs is 4. The van der Waals surface area contributed by atoms with Crippen LogP contribution in [0.2, 0.25) is 5.02 Å². The van der Waals surface area contributed by atoms with Crippen LogP contribution in [0.4, 0.5) is 5.69 Å². The summed E-state index contributed by atoms with van der Waals surface area (Å²) >= 11 is 8.62. The molecule has 0 saturated heterocycles. The maximum absolute atomic E-state index is 6.78. The Morgan fingerprint density at radius 1 is 1.17 bits per heavy atom. The highest BCUT2D eigenvalue weighted by molar-refractivity contribution is 7.19. The van der Waals surface area contributed by atoms with Crippen LogP contribution in [0.5, 0.6) is 0 Å². The molecule has 5 rings (SSSR count). The summed E-state index contributed by atoms with van der Waals surface area (Å²) < 4.78 is 1.27. The summed E-state index contributed by atoms with van der Waals surface area (Å²) in [6, 6.07) is 15.5. The van der Waals surface area contributed by atoms with E-state index in [2.05, 4.69) is 66.9 Å². The quantitative estimate of drug-likeness (QED) is 0.481. The van der Waals surface area contributed by atoms with Crippen molar-refractivity contribution in [1.82, 2.24) is 0 Å². The first-order chi connectivity index (χ1) is 11.7. The number of aryl methyl sites for hydroxylation is 1. The number of benzene rings is 2. The van der Waals surface area contributed by atoms with Gasteiger partial charge in [-0.1, -0.05) is 59.6 Å². The van der Waals surface area contributed by atoms with Crippen LogP contribution in [0.25, 0.3) is 10.1 Å². The minimum atomic E-state index is 0.283. The van der Waals surface area contributed by atoms with Crippen molar-refractivity contribution in [2.24, 2.45) is 5.92 Å². The Balaban J connectivity index is 1.66. The molecule has 1 aliphatic carbocycles. The highest BCUT2D eigenvalue weighted by Crippen LogP contribution is 2.53. The number of hydrogen-bond donors (Lipinski definition) is 1. The molecule has 0 amide bonds. The Labute approximate surface area is 151 Å². The molecule has 0 bridgehead atoms. The average molecular weight is 352 g/mol. The van der Waals surface area contributed by atoms with Crippen LogP contribution >= 0.6 is 22.9 Å². The Morgan fingerprint density at radius 2 is 2.04 bits per heavy atom. The van der Waals surface area contributed by atoms with Gasteiger partial charge in [0.25, 0.3) is 0 Å². The number of hydrogen-bond acceptors (Lipinski definition) is 2. The van der Waals surface area contributed by atoms with Gasteiger partial charge in [0, 0.05) is 26.6 Å². The van der Waals surface area contributed by atoms with Crippen molar-refractivity contribution in [3.05, 3.63) is 75.6 Å². The van der Waals surface area contributed by atoms with Crippen LogP contribution in [-0.2, 0) is 0 Å². The summed E-state index contributed by atoms with van der Waals surface area (Å²) in [5, 5.41) is 5.90. The number of nitrogens with one attached hydrogen (secondary N) is 1. The van der Waals surface area contributed by atoms with Gasteiger partial charge in [0.2, 0.25) is 0 Å². The van der Waals surface area contributed by atoms with Crippen LogP contribution in [0, 0.1) is 12.8 Å². The fourth-order valence-electron chi connectivity index (χ4n) is 4.21. The standard InChI is InChI=1S/C21H18ClNS/c1-12-9-10-17-16(11-12)13-6-4-7-14(13)20(23-17)21-19(22)15-5-2-3-8-18(15)24-21/h2-6,8-11,13-14,20,23H,7H2,1H3/t13-,14+,20-/m0/s1. The zero-order chi connectivity index (χ0) is 16.3. The van der Waals surface area contributed by atoms with Gasteiger partial charge in [-0.2, -0.15) is 0 Å². The van der Waals surface area contributed by atoms with Crippen LogP contribution in [0.3, 0.4) is 0 Å². The molecule has 0 unspecified atom stereocenters. The van der Waals surface area contributed by atoms with E-state index in [1.165, 1.54) is 31.8 Å². The minimum Gasteiger partial charge on any atom is -0.377 e. The average Bonchev–Trinajstić information content (AvgIpc) is 3.20. The molecule has 2 heterocycles. The van der Waals surface area contributed by atoms with Gasteiger partial charge in [0.15, 0.2) is 0 Å². The third-order valence-corrected chi connectivity index (χ3v) is 7.13. The number of allylic oxidation sites excluding steroid dienone is 2. The SMILES string of the molecule is Cc1ccc2c(c1)[C@H]1C=CC[C@H]1[C@@H](c1sc3ccccc3c1Cl)N2. The predicted molar refractivity (Wildman–Crippen MR) is 104 cm³/mol. The summed E-state index contributed by atoms with van der Waals surface area (Å²) in [5.74, 6) is 1.04. The monoisotopic (exact) mass is 351 g/mol. The maximum atomic E-state index is 6.78. The molecule has 24 heavy (non-hydrogen) atoms. The van der Waals surface area contributed by atoms with Crippen LogP contribution in [-0.4, -0.2) is 0 Å². The van der Waals surface area contributed by atoms with Crippen LogP contribution in [0.15, 0.2) is 54.6 Å². The van der Waals surface area contributed by atoms with E-state index in [4.69, 9.17) is 11.6 Å². The topological polar surface area (TPSA) is 12.0 Å². The summed E-state index contributed by atoms with van der Waals surface area (Å²) in [5.41, 5.74) is 4.02. The first-order valence-electron chi connectivity index (χ1n) is 8.43. The van der Waals surface area contributed by atoms with E-state index in [1.807, 2.05) is 11.3 Å². The largest absolute Gasteiger partial charge is 0.377 e. The normalized spacial score (nSPS) is 24.7. The zero-order valence-corrected chi connectivity index (χ0v) is 15.0. The Morgan fingerprint density at radius 3 is 2.92 bits per heavy atom. The second kappa shape index (κ2) is 5.37. The second-order valence-corrected chi connectivity index (χ2v) is 8.30. The van der Waals surface area contributed by atoms with Gasteiger partial charge in [-0.25, -0.2) is 0 Å². The van der Waals surface area contributed by atoms with Gasteiger partial charge >= 0.3 is 0 Å². The maximum Gasteiger partial charge on any atom is 0.0662 e. The lowest BCUT2D eigenvalue weighted by molar-refractivity contribution is 0.430. The summed E-state index contributed by atoms with van der Waals surface area (Å²) in [6.45, 7) is 2.17.